The first-order chi connectivity index (χ1) is 30.9. The van der Waals surface area contributed by atoms with E-state index in [4.69, 9.17) is 16.7 Å². The van der Waals surface area contributed by atoms with E-state index >= 15 is 4.39 Å². The van der Waals surface area contributed by atoms with Crippen molar-refractivity contribution in [3.05, 3.63) is 93.8 Å². The molecule has 17 heteroatoms. The molecule has 3 aromatic heterocycles. The van der Waals surface area contributed by atoms with Crippen LogP contribution in [0.2, 0.25) is 5.02 Å². The lowest BCUT2D eigenvalue weighted by molar-refractivity contribution is -0.137. The fourth-order valence-electron chi connectivity index (χ4n) is 10.2. The first-order valence-corrected chi connectivity index (χ1v) is 22.7. The number of amides is 4. The summed E-state index contributed by atoms with van der Waals surface area (Å²) in [6, 6.07) is 12.4. The highest BCUT2D eigenvalue weighted by Gasteiger charge is 2.41. The standard InChI is InChI=1S/C47H51ClFN11O4/c1-28-19-29(2)50-25-36(28)35-20-30-22-41(51-24-31(30)21-38(35)49)52-42-23-33-9-12-58(44(62)27-60(33)54-42)32-7-10-55(11-8-32)13-14-56-15-17-57(18-16-56)39-4-3-34-37(45(39)48)26-59(47(34)64)40-5-6-43(61)53-46(40)63/h3-4,19-25,32,40H,5-18,26-27H2,1-2H3,(H,51,52,54)(H,53,61,63). The van der Waals surface area contributed by atoms with Gasteiger partial charge in [-0.15, -0.1) is 0 Å². The van der Waals surface area contributed by atoms with Gasteiger partial charge in [0.05, 0.1) is 10.7 Å². The lowest BCUT2D eigenvalue weighted by Gasteiger charge is -2.40. The second-order valence-electron chi connectivity index (χ2n) is 17.8. The number of carbonyl (C=O) groups excluding carboxylic acids is 4. The van der Waals surface area contributed by atoms with Crippen molar-refractivity contribution in [3.8, 4) is 11.1 Å². The summed E-state index contributed by atoms with van der Waals surface area (Å²) in [6.07, 6.45) is 6.49. The molecule has 0 radical (unpaired) electrons. The molecule has 64 heavy (non-hydrogen) atoms. The summed E-state index contributed by atoms with van der Waals surface area (Å²) < 4.78 is 17.0. The van der Waals surface area contributed by atoms with Crippen molar-refractivity contribution < 1.29 is 23.6 Å². The van der Waals surface area contributed by atoms with Crippen LogP contribution in [0.3, 0.4) is 0 Å². The summed E-state index contributed by atoms with van der Waals surface area (Å²) in [4.78, 5) is 70.9. The first-order valence-electron chi connectivity index (χ1n) is 22.3. The predicted molar refractivity (Wildman–Crippen MR) is 241 cm³/mol. The predicted octanol–water partition coefficient (Wildman–Crippen LogP) is 5.08. The number of nitrogens with one attached hydrogen (secondary N) is 2. The number of fused-ring (bicyclic) bond motifs is 3. The van der Waals surface area contributed by atoms with Gasteiger partial charge in [0.2, 0.25) is 17.7 Å². The number of hydrogen-bond donors (Lipinski definition) is 2. The van der Waals surface area contributed by atoms with Crippen molar-refractivity contribution in [2.24, 2.45) is 0 Å². The number of carbonyl (C=O) groups is 4. The molecule has 8 heterocycles. The number of nitrogens with zero attached hydrogens (tertiary/aromatic N) is 9. The number of anilines is 3. The van der Waals surface area contributed by atoms with Crippen LogP contribution in [0.15, 0.2) is 54.9 Å². The van der Waals surface area contributed by atoms with Gasteiger partial charge in [0, 0.05) is 142 Å². The monoisotopic (exact) mass is 887 g/mol. The first kappa shape index (κ1) is 42.0. The molecule has 0 bridgehead atoms. The Kier molecular flexibility index (Phi) is 11.3. The number of rotatable bonds is 9. The number of piperazine rings is 1. The van der Waals surface area contributed by atoms with Crippen molar-refractivity contribution in [1.29, 1.82) is 0 Å². The van der Waals surface area contributed by atoms with Crippen LogP contribution in [0.25, 0.3) is 21.9 Å². The molecule has 0 spiro atoms. The maximum atomic E-state index is 15.2. The number of likely N-dealkylation sites (tertiary alicyclic amines) is 1. The van der Waals surface area contributed by atoms with Gasteiger partial charge in [-0.3, -0.25) is 39.1 Å². The number of aryl methyl sites for hydroxylation is 2. The number of aromatic nitrogens is 4. The van der Waals surface area contributed by atoms with Crippen molar-refractivity contribution in [3.63, 3.8) is 0 Å². The molecular formula is C47H51ClFN11O4. The third kappa shape index (κ3) is 8.18. The molecule has 2 aromatic carbocycles. The topological polar surface area (TPSA) is 152 Å². The highest BCUT2D eigenvalue weighted by molar-refractivity contribution is 6.35. The smallest absolute Gasteiger partial charge is 0.255 e. The normalized spacial score (nSPS) is 20.2. The van der Waals surface area contributed by atoms with Crippen LogP contribution < -0.4 is 15.5 Å². The van der Waals surface area contributed by atoms with Gasteiger partial charge >= 0.3 is 0 Å². The van der Waals surface area contributed by atoms with E-state index in [2.05, 4.69) is 40.2 Å². The number of benzene rings is 2. The SMILES string of the molecule is Cc1cc(C)c(-c2cc3cc(Nc4cc5n(n4)CC(=O)N(C4CCN(CCN6CCN(c7ccc8c(c7Cl)CN(C7CCC(=O)NC7=O)C8=O)CC6)CC4)CC5)ncc3cc2F)cn1. The quantitative estimate of drug-likeness (QED) is 0.191. The van der Waals surface area contributed by atoms with Gasteiger partial charge in [0.25, 0.3) is 5.91 Å². The Labute approximate surface area is 375 Å². The largest absolute Gasteiger partial charge is 0.368 e. The zero-order chi connectivity index (χ0) is 44.2. The Hall–Kier alpha value is -5.97. The summed E-state index contributed by atoms with van der Waals surface area (Å²) in [5.74, 6) is 0.00780. The van der Waals surface area contributed by atoms with E-state index in [0.717, 1.165) is 104 Å². The van der Waals surface area contributed by atoms with E-state index in [1.807, 2.05) is 50.2 Å². The Balaban J connectivity index is 0.686. The molecule has 332 valence electrons. The molecule has 5 aliphatic heterocycles. The van der Waals surface area contributed by atoms with Gasteiger partial charge in [0.15, 0.2) is 5.82 Å². The maximum absolute atomic E-state index is 15.2. The van der Waals surface area contributed by atoms with Crippen LogP contribution in [0.5, 0.6) is 0 Å². The summed E-state index contributed by atoms with van der Waals surface area (Å²) in [5.41, 5.74) is 6.26. The lowest BCUT2D eigenvalue weighted by atomic mass is 9.99. The second kappa shape index (κ2) is 17.2. The molecule has 1 unspecified atom stereocenters. The second-order valence-corrected chi connectivity index (χ2v) is 18.1. The molecule has 10 rings (SSSR count). The summed E-state index contributed by atoms with van der Waals surface area (Å²) >= 11 is 6.96. The van der Waals surface area contributed by atoms with Gasteiger partial charge in [0.1, 0.15) is 24.2 Å². The van der Waals surface area contributed by atoms with E-state index < -0.39 is 11.9 Å². The Morgan fingerprint density at radius 2 is 1.55 bits per heavy atom. The zero-order valence-electron chi connectivity index (χ0n) is 36.1. The maximum Gasteiger partial charge on any atom is 0.255 e. The molecule has 5 aliphatic rings. The van der Waals surface area contributed by atoms with Crippen molar-refractivity contribution in [2.75, 3.05) is 69.1 Å². The van der Waals surface area contributed by atoms with Crippen LogP contribution in [-0.4, -0.2) is 134 Å². The number of halogens is 2. The minimum atomic E-state index is -0.672. The molecule has 15 nitrogen and oxygen atoms in total. The lowest BCUT2D eigenvalue weighted by Crippen LogP contribution is -2.52. The highest BCUT2D eigenvalue weighted by Crippen LogP contribution is 2.39. The fraction of sp³-hybridized carbons (Fsp3) is 0.426. The van der Waals surface area contributed by atoms with Crippen LogP contribution in [0.1, 0.15) is 58.6 Å². The number of imide groups is 1. The number of pyridine rings is 2. The molecule has 5 aromatic rings. The molecule has 1 atom stereocenters. The molecule has 3 saturated heterocycles. The number of hydrogen-bond acceptors (Lipinski definition) is 11. The average molecular weight is 888 g/mol. The van der Waals surface area contributed by atoms with E-state index in [9.17, 15) is 19.2 Å². The summed E-state index contributed by atoms with van der Waals surface area (Å²) in [5, 5.41) is 12.5. The van der Waals surface area contributed by atoms with E-state index in [0.29, 0.717) is 52.6 Å². The highest BCUT2D eigenvalue weighted by atomic mass is 35.5. The Morgan fingerprint density at radius 3 is 2.31 bits per heavy atom. The molecular weight excluding hydrogens is 837 g/mol. The Bertz CT molecular complexity index is 2690. The van der Waals surface area contributed by atoms with Crippen molar-refractivity contribution >= 4 is 63.3 Å². The van der Waals surface area contributed by atoms with Crippen molar-refractivity contribution in [2.45, 2.75) is 71.1 Å². The van der Waals surface area contributed by atoms with Crippen molar-refractivity contribution in [1.82, 2.24) is 44.7 Å². The minimum absolute atomic E-state index is 0.0886. The fourth-order valence-corrected chi connectivity index (χ4v) is 10.5. The summed E-state index contributed by atoms with van der Waals surface area (Å²) in [7, 11) is 0. The molecule has 2 N–H and O–H groups in total. The molecule has 3 fully saturated rings. The van der Waals surface area contributed by atoms with Gasteiger partial charge in [-0.05, 0) is 80.5 Å². The van der Waals surface area contributed by atoms with E-state index in [1.165, 1.54) is 11.0 Å². The number of piperidine rings is 2. The van der Waals surface area contributed by atoms with Gasteiger partial charge in [-0.2, -0.15) is 5.10 Å². The third-order valence-corrected chi connectivity index (χ3v) is 14.2. The molecule has 0 aliphatic carbocycles. The third-order valence-electron chi connectivity index (χ3n) is 13.8. The van der Waals surface area contributed by atoms with Crippen LogP contribution in [-0.2, 0) is 33.9 Å². The Morgan fingerprint density at radius 1 is 0.766 bits per heavy atom. The molecule has 0 saturated carbocycles. The van der Waals surface area contributed by atoms with Crippen LogP contribution >= 0.6 is 11.6 Å². The zero-order valence-corrected chi connectivity index (χ0v) is 36.8. The van der Waals surface area contributed by atoms with E-state index in [-0.39, 0.29) is 49.1 Å². The minimum Gasteiger partial charge on any atom is -0.368 e. The van der Waals surface area contributed by atoms with Crippen LogP contribution in [0, 0.1) is 19.7 Å². The summed E-state index contributed by atoms with van der Waals surface area (Å²) in [6.45, 7) is 12.2. The average Bonchev–Trinajstić information content (AvgIpc) is 3.77. The van der Waals surface area contributed by atoms with Gasteiger partial charge < -0.3 is 24.9 Å². The van der Waals surface area contributed by atoms with Crippen LogP contribution in [0.4, 0.5) is 21.7 Å². The molecule has 4 amide bonds. The van der Waals surface area contributed by atoms with Gasteiger partial charge in [-0.25, -0.2) is 9.37 Å². The van der Waals surface area contributed by atoms with Gasteiger partial charge in [-0.1, -0.05) is 11.6 Å². The van der Waals surface area contributed by atoms with E-state index in [1.54, 1.807) is 17.1 Å².